The van der Waals surface area contributed by atoms with Gasteiger partial charge in [0.05, 0.1) is 11.4 Å². The van der Waals surface area contributed by atoms with Crippen molar-refractivity contribution in [3.8, 4) is 11.1 Å². The molecule has 0 atom stereocenters. The van der Waals surface area contributed by atoms with E-state index in [2.05, 4.69) is 10.0 Å². The van der Waals surface area contributed by atoms with Crippen LogP contribution in [0.1, 0.15) is 5.56 Å². The Morgan fingerprint density at radius 2 is 1.30 bits per heavy atom. The number of carbonyl (C=O) groups is 1. The number of nitrogens with one attached hydrogen (secondary N) is 2. The molecule has 1 amide bonds. The van der Waals surface area contributed by atoms with Crippen LogP contribution >= 0.6 is 0 Å². The van der Waals surface area contributed by atoms with Crippen molar-refractivity contribution in [2.45, 2.75) is 11.4 Å². The Bertz CT molecular complexity index is 987. The SMILES string of the molecule is O=C(CNS(=O)(=O)c1ccccc1)NCc1ccc(-c2ccccc2)cc1. The predicted octanol–water partition coefficient (Wildman–Crippen LogP) is 2.95. The van der Waals surface area contributed by atoms with Gasteiger partial charge in [-0.05, 0) is 28.8 Å². The maximum absolute atomic E-state index is 12.1. The number of hydrogen-bond acceptors (Lipinski definition) is 3. The van der Waals surface area contributed by atoms with Crippen LogP contribution in [0.4, 0.5) is 0 Å². The van der Waals surface area contributed by atoms with Crippen LogP contribution in [0.2, 0.25) is 0 Å². The summed E-state index contributed by atoms with van der Waals surface area (Å²) in [4.78, 5) is 12.1. The lowest BCUT2D eigenvalue weighted by molar-refractivity contribution is -0.120. The Balaban J connectivity index is 1.51. The van der Waals surface area contributed by atoms with E-state index in [1.165, 1.54) is 12.1 Å². The molecule has 0 aromatic heterocycles. The summed E-state index contributed by atoms with van der Waals surface area (Å²) in [6.45, 7) is 0.0281. The fourth-order valence-electron chi connectivity index (χ4n) is 2.55. The van der Waals surface area contributed by atoms with Crippen molar-refractivity contribution in [2.75, 3.05) is 6.54 Å². The van der Waals surface area contributed by atoms with Gasteiger partial charge in [0.1, 0.15) is 0 Å². The van der Waals surface area contributed by atoms with Crippen molar-refractivity contribution in [1.82, 2.24) is 10.0 Å². The lowest BCUT2D eigenvalue weighted by Crippen LogP contribution is -2.36. The summed E-state index contributed by atoms with van der Waals surface area (Å²) in [7, 11) is -3.69. The van der Waals surface area contributed by atoms with Crippen LogP contribution in [0, 0.1) is 0 Å². The van der Waals surface area contributed by atoms with E-state index in [0.29, 0.717) is 6.54 Å². The average molecular weight is 380 g/mol. The van der Waals surface area contributed by atoms with E-state index in [-0.39, 0.29) is 17.3 Å². The predicted molar refractivity (Wildman–Crippen MR) is 105 cm³/mol. The summed E-state index contributed by atoms with van der Waals surface area (Å²) in [5.74, 6) is -0.387. The summed E-state index contributed by atoms with van der Waals surface area (Å²) >= 11 is 0. The second kappa shape index (κ2) is 8.62. The zero-order valence-corrected chi connectivity index (χ0v) is 15.4. The number of benzene rings is 3. The molecule has 0 saturated heterocycles. The molecule has 3 rings (SSSR count). The standard InChI is InChI=1S/C21H20N2O3S/c24-21(16-23-27(25,26)20-9-5-2-6-10-20)22-15-17-11-13-19(14-12-17)18-7-3-1-4-8-18/h1-14,23H,15-16H2,(H,22,24). The topological polar surface area (TPSA) is 75.3 Å². The van der Waals surface area contributed by atoms with E-state index in [4.69, 9.17) is 0 Å². The van der Waals surface area contributed by atoms with Crippen molar-refractivity contribution in [3.05, 3.63) is 90.5 Å². The minimum Gasteiger partial charge on any atom is -0.351 e. The Morgan fingerprint density at radius 1 is 0.741 bits per heavy atom. The largest absolute Gasteiger partial charge is 0.351 e. The number of amides is 1. The van der Waals surface area contributed by atoms with Gasteiger partial charge in [0.25, 0.3) is 0 Å². The van der Waals surface area contributed by atoms with E-state index >= 15 is 0 Å². The highest BCUT2D eigenvalue weighted by Crippen LogP contribution is 2.19. The van der Waals surface area contributed by atoms with Crippen LogP contribution in [0.3, 0.4) is 0 Å². The molecule has 5 nitrogen and oxygen atoms in total. The van der Waals surface area contributed by atoms with Gasteiger partial charge in [0.15, 0.2) is 0 Å². The van der Waals surface area contributed by atoms with Crippen LogP contribution in [-0.2, 0) is 21.4 Å². The van der Waals surface area contributed by atoms with Crippen molar-refractivity contribution in [3.63, 3.8) is 0 Å². The van der Waals surface area contributed by atoms with Gasteiger partial charge in [-0.1, -0.05) is 72.8 Å². The minimum absolute atomic E-state index is 0.134. The molecule has 0 radical (unpaired) electrons. The fourth-order valence-corrected chi connectivity index (χ4v) is 3.56. The summed E-state index contributed by atoms with van der Waals surface area (Å²) in [5.41, 5.74) is 3.17. The molecular formula is C21H20N2O3S. The third-order valence-corrected chi connectivity index (χ3v) is 5.44. The number of sulfonamides is 1. The number of rotatable bonds is 7. The van der Waals surface area contributed by atoms with Gasteiger partial charge >= 0.3 is 0 Å². The fraction of sp³-hybridized carbons (Fsp3) is 0.0952. The lowest BCUT2D eigenvalue weighted by atomic mass is 10.0. The maximum Gasteiger partial charge on any atom is 0.241 e. The zero-order valence-electron chi connectivity index (χ0n) is 14.6. The van der Waals surface area contributed by atoms with Gasteiger partial charge in [0.2, 0.25) is 15.9 Å². The van der Waals surface area contributed by atoms with E-state index in [0.717, 1.165) is 16.7 Å². The molecule has 3 aromatic rings. The van der Waals surface area contributed by atoms with E-state index in [1.54, 1.807) is 18.2 Å². The molecule has 3 aromatic carbocycles. The molecular weight excluding hydrogens is 360 g/mol. The molecule has 0 fully saturated rings. The first-order valence-electron chi connectivity index (χ1n) is 8.50. The van der Waals surface area contributed by atoms with E-state index in [1.807, 2.05) is 54.6 Å². The lowest BCUT2D eigenvalue weighted by Gasteiger charge is -2.09. The minimum atomic E-state index is -3.69. The molecule has 0 heterocycles. The van der Waals surface area contributed by atoms with Gasteiger partial charge in [0, 0.05) is 6.54 Å². The van der Waals surface area contributed by atoms with E-state index < -0.39 is 10.0 Å². The van der Waals surface area contributed by atoms with Gasteiger partial charge in [-0.2, -0.15) is 0 Å². The molecule has 0 bridgehead atoms. The van der Waals surface area contributed by atoms with Crippen molar-refractivity contribution < 1.29 is 13.2 Å². The second-order valence-electron chi connectivity index (χ2n) is 5.98. The molecule has 0 aliphatic rings. The Kier molecular flexibility index (Phi) is 6.01. The molecule has 2 N–H and O–H groups in total. The van der Waals surface area contributed by atoms with Gasteiger partial charge in [-0.25, -0.2) is 13.1 Å². The second-order valence-corrected chi connectivity index (χ2v) is 7.74. The summed E-state index contributed by atoms with van der Waals surface area (Å²) in [6, 6.07) is 25.8. The number of hydrogen-bond donors (Lipinski definition) is 2. The van der Waals surface area contributed by atoms with Gasteiger partial charge < -0.3 is 5.32 Å². The molecule has 0 saturated carbocycles. The smallest absolute Gasteiger partial charge is 0.241 e. The molecule has 0 unspecified atom stereocenters. The Labute approximate surface area is 159 Å². The normalized spacial score (nSPS) is 11.1. The van der Waals surface area contributed by atoms with Crippen molar-refractivity contribution >= 4 is 15.9 Å². The van der Waals surface area contributed by atoms with Gasteiger partial charge in [-0.3, -0.25) is 4.79 Å². The highest BCUT2D eigenvalue weighted by molar-refractivity contribution is 7.89. The van der Waals surface area contributed by atoms with Crippen LogP contribution in [0.5, 0.6) is 0 Å². The summed E-state index contributed by atoms with van der Waals surface area (Å²) in [5, 5.41) is 2.72. The average Bonchev–Trinajstić information content (AvgIpc) is 2.72. The third-order valence-electron chi connectivity index (χ3n) is 4.03. The summed E-state index contributed by atoms with van der Waals surface area (Å²) < 4.78 is 26.5. The monoisotopic (exact) mass is 380 g/mol. The van der Waals surface area contributed by atoms with Crippen molar-refractivity contribution in [1.29, 1.82) is 0 Å². The van der Waals surface area contributed by atoms with Crippen LogP contribution < -0.4 is 10.0 Å². The maximum atomic E-state index is 12.1. The Hall–Kier alpha value is -2.96. The Morgan fingerprint density at radius 3 is 1.93 bits per heavy atom. The first kappa shape index (κ1) is 18.8. The van der Waals surface area contributed by atoms with E-state index in [9.17, 15) is 13.2 Å². The number of carbonyl (C=O) groups excluding carboxylic acids is 1. The highest BCUT2D eigenvalue weighted by Gasteiger charge is 2.14. The van der Waals surface area contributed by atoms with Crippen molar-refractivity contribution in [2.24, 2.45) is 0 Å². The van der Waals surface area contributed by atoms with Crippen LogP contribution in [-0.4, -0.2) is 20.9 Å². The van der Waals surface area contributed by atoms with Crippen LogP contribution in [0.25, 0.3) is 11.1 Å². The zero-order chi connectivity index (χ0) is 19.1. The molecule has 138 valence electrons. The van der Waals surface area contributed by atoms with Crippen LogP contribution in [0.15, 0.2) is 89.8 Å². The molecule has 6 heteroatoms. The molecule has 27 heavy (non-hydrogen) atoms. The highest BCUT2D eigenvalue weighted by atomic mass is 32.2. The molecule has 0 aliphatic carbocycles. The first-order valence-corrected chi connectivity index (χ1v) is 9.99. The first-order chi connectivity index (χ1) is 13.0. The summed E-state index contributed by atoms with van der Waals surface area (Å²) in [6.07, 6.45) is 0. The third kappa shape index (κ3) is 5.26. The molecule has 0 aliphatic heterocycles. The quantitative estimate of drug-likeness (QED) is 0.662. The van der Waals surface area contributed by atoms with Gasteiger partial charge in [-0.15, -0.1) is 0 Å². The molecule has 0 spiro atoms.